The monoisotopic (exact) mass is 269 g/mol. The van der Waals surface area contributed by atoms with E-state index < -0.39 is 17.8 Å². The molecule has 2 rings (SSSR count). The van der Waals surface area contributed by atoms with Gasteiger partial charge in [0.05, 0.1) is 24.5 Å². The van der Waals surface area contributed by atoms with Crippen LogP contribution in [0.4, 0.5) is 0 Å². The van der Waals surface area contributed by atoms with Crippen LogP contribution in [0.5, 0.6) is 0 Å². The first-order valence-corrected chi connectivity index (χ1v) is 7.09. The average Bonchev–Trinajstić information content (AvgIpc) is 2.91. The van der Waals surface area contributed by atoms with E-state index in [9.17, 15) is 19.8 Å². The van der Waals surface area contributed by atoms with E-state index in [0.717, 1.165) is 6.42 Å². The number of hydrogen-bond donors (Lipinski definition) is 2. The van der Waals surface area contributed by atoms with Crippen molar-refractivity contribution in [3.8, 4) is 0 Å². The molecule has 1 heterocycles. The molecule has 2 fully saturated rings. The van der Waals surface area contributed by atoms with E-state index in [1.54, 1.807) is 4.90 Å². The Morgan fingerprint density at radius 1 is 1.21 bits per heavy atom. The largest absolute Gasteiger partial charge is 0.481 e. The lowest BCUT2D eigenvalue weighted by Gasteiger charge is -2.29. The van der Waals surface area contributed by atoms with Crippen molar-refractivity contribution >= 4 is 11.9 Å². The molecule has 0 aromatic heterocycles. The van der Waals surface area contributed by atoms with Crippen molar-refractivity contribution in [1.29, 1.82) is 0 Å². The van der Waals surface area contributed by atoms with Crippen LogP contribution in [0.3, 0.4) is 0 Å². The van der Waals surface area contributed by atoms with Crippen molar-refractivity contribution in [3.05, 3.63) is 0 Å². The first-order valence-electron chi connectivity index (χ1n) is 7.09. The Labute approximate surface area is 113 Å². The number of aliphatic carboxylic acids is 1. The minimum atomic E-state index is -0.865. The molecule has 0 bridgehead atoms. The van der Waals surface area contributed by atoms with Crippen LogP contribution in [0.2, 0.25) is 0 Å². The summed E-state index contributed by atoms with van der Waals surface area (Å²) in [5.74, 6) is -1.33. The molecule has 3 unspecified atom stereocenters. The minimum absolute atomic E-state index is 0.0348. The van der Waals surface area contributed by atoms with Gasteiger partial charge in [-0.2, -0.15) is 0 Å². The second kappa shape index (κ2) is 5.49. The molecule has 5 nitrogen and oxygen atoms in total. The molecule has 1 saturated carbocycles. The molecular weight excluding hydrogens is 246 g/mol. The topological polar surface area (TPSA) is 77.8 Å². The highest BCUT2D eigenvalue weighted by molar-refractivity contribution is 5.85. The van der Waals surface area contributed by atoms with Crippen molar-refractivity contribution in [2.75, 3.05) is 13.2 Å². The third-order valence-corrected chi connectivity index (χ3v) is 4.79. The maximum Gasteiger partial charge on any atom is 0.307 e. The van der Waals surface area contributed by atoms with Crippen LogP contribution in [-0.2, 0) is 9.59 Å². The third-order valence-electron chi connectivity index (χ3n) is 4.79. The summed E-state index contributed by atoms with van der Waals surface area (Å²) in [6.07, 6.45) is 2.12. The number of hydrogen-bond acceptors (Lipinski definition) is 3. The second-order valence-corrected chi connectivity index (χ2v) is 6.18. The summed E-state index contributed by atoms with van der Waals surface area (Å²) in [6.45, 7) is 4.63. The van der Waals surface area contributed by atoms with Gasteiger partial charge in [-0.15, -0.1) is 0 Å². The first-order chi connectivity index (χ1) is 8.95. The SMILES string of the molecule is CC1C[C@H](C(=O)N2CCC(C)C2CO)[C@H](C(=O)O)C1. The maximum atomic E-state index is 12.6. The van der Waals surface area contributed by atoms with Crippen molar-refractivity contribution in [3.63, 3.8) is 0 Å². The summed E-state index contributed by atoms with van der Waals surface area (Å²) < 4.78 is 0. The van der Waals surface area contributed by atoms with Gasteiger partial charge in [-0.25, -0.2) is 0 Å². The van der Waals surface area contributed by atoms with Crippen LogP contribution in [0.15, 0.2) is 0 Å². The average molecular weight is 269 g/mol. The van der Waals surface area contributed by atoms with Crippen LogP contribution in [0.25, 0.3) is 0 Å². The van der Waals surface area contributed by atoms with Gasteiger partial charge < -0.3 is 15.1 Å². The number of amides is 1. The van der Waals surface area contributed by atoms with Crippen molar-refractivity contribution < 1.29 is 19.8 Å². The van der Waals surface area contributed by atoms with Crippen molar-refractivity contribution in [1.82, 2.24) is 4.90 Å². The molecule has 0 radical (unpaired) electrons. The zero-order valence-corrected chi connectivity index (χ0v) is 11.6. The number of nitrogens with zero attached hydrogens (tertiary/aromatic N) is 1. The summed E-state index contributed by atoms with van der Waals surface area (Å²) in [5, 5.41) is 18.7. The highest BCUT2D eigenvalue weighted by atomic mass is 16.4. The Kier molecular flexibility index (Phi) is 4.13. The lowest BCUT2D eigenvalue weighted by molar-refractivity contribution is -0.149. The quantitative estimate of drug-likeness (QED) is 0.800. The predicted octanol–water partition coefficient (Wildman–Crippen LogP) is 0.963. The van der Waals surface area contributed by atoms with Gasteiger partial charge in [0.1, 0.15) is 0 Å². The summed E-state index contributed by atoms with van der Waals surface area (Å²) >= 11 is 0. The molecule has 19 heavy (non-hydrogen) atoms. The van der Waals surface area contributed by atoms with Crippen molar-refractivity contribution in [2.24, 2.45) is 23.7 Å². The van der Waals surface area contributed by atoms with E-state index in [1.165, 1.54) is 0 Å². The molecule has 1 aliphatic carbocycles. The van der Waals surface area contributed by atoms with E-state index >= 15 is 0 Å². The van der Waals surface area contributed by atoms with Gasteiger partial charge in [0, 0.05) is 6.54 Å². The van der Waals surface area contributed by atoms with Gasteiger partial charge in [0.25, 0.3) is 0 Å². The Morgan fingerprint density at radius 3 is 2.42 bits per heavy atom. The molecule has 0 aromatic carbocycles. The number of carboxylic acid groups (broad SMARTS) is 1. The van der Waals surface area contributed by atoms with Crippen molar-refractivity contribution in [2.45, 2.75) is 39.2 Å². The van der Waals surface area contributed by atoms with Crippen LogP contribution in [0.1, 0.15) is 33.1 Å². The summed E-state index contributed by atoms with van der Waals surface area (Å²) in [7, 11) is 0. The molecule has 2 aliphatic rings. The number of rotatable bonds is 3. The fraction of sp³-hybridized carbons (Fsp3) is 0.857. The normalized spacial score (nSPS) is 38.7. The van der Waals surface area contributed by atoms with Gasteiger partial charge in [0.2, 0.25) is 5.91 Å². The van der Waals surface area contributed by atoms with E-state index in [4.69, 9.17) is 0 Å². The molecular formula is C14H23NO4. The summed E-state index contributed by atoms with van der Waals surface area (Å²) in [5.41, 5.74) is 0. The van der Waals surface area contributed by atoms with E-state index in [1.807, 2.05) is 13.8 Å². The molecule has 1 amide bonds. The molecule has 108 valence electrons. The van der Waals surface area contributed by atoms with Gasteiger partial charge in [-0.1, -0.05) is 13.8 Å². The number of aliphatic hydroxyl groups excluding tert-OH is 1. The predicted molar refractivity (Wildman–Crippen MR) is 69.4 cm³/mol. The zero-order valence-electron chi connectivity index (χ0n) is 11.6. The van der Waals surface area contributed by atoms with E-state index in [2.05, 4.69) is 0 Å². The van der Waals surface area contributed by atoms with Gasteiger partial charge in [0.15, 0.2) is 0 Å². The molecule has 5 heteroatoms. The summed E-state index contributed by atoms with van der Waals surface area (Å²) in [4.78, 5) is 25.6. The minimum Gasteiger partial charge on any atom is -0.481 e. The number of carboxylic acids is 1. The molecule has 1 aliphatic heterocycles. The lowest BCUT2D eigenvalue weighted by atomic mass is 9.94. The Morgan fingerprint density at radius 2 is 1.84 bits per heavy atom. The number of carbonyl (C=O) groups excluding carboxylic acids is 1. The van der Waals surface area contributed by atoms with Crippen LogP contribution in [0, 0.1) is 23.7 Å². The summed E-state index contributed by atoms with van der Waals surface area (Å²) in [6, 6.07) is -0.141. The maximum absolute atomic E-state index is 12.6. The number of carbonyl (C=O) groups is 2. The van der Waals surface area contributed by atoms with Gasteiger partial charge >= 0.3 is 5.97 Å². The Bertz CT molecular complexity index is 370. The molecule has 1 saturated heterocycles. The fourth-order valence-electron chi connectivity index (χ4n) is 3.61. The fourth-order valence-corrected chi connectivity index (χ4v) is 3.61. The Balaban J connectivity index is 2.12. The lowest BCUT2D eigenvalue weighted by Crippen LogP contribution is -2.44. The van der Waals surface area contributed by atoms with Gasteiger partial charge in [-0.3, -0.25) is 9.59 Å². The third kappa shape index (κ3) is 2.61. The highest BCUT2D eigenvalue weighted by Gasteiger charge is 2.45. The van der Waals surface area contributed by atoms with Crippen LogP contribution < -0.4 is 0 Å². The Hall–Kier alpha value is -1.10. The molecule has 0 aromatic rings. The van der Waals surface area contributed by atoms with Crippen LogP contribution >= 0.6 is 0 Å². The van der Waals surface area contributed by atoms with Crippen LogP contribution in [-0.4, -0.2) is 46.2 Å². The van der Waals surface area contributed by atoms with Gasteiger partial charge in [-0.05, 0) is 31.1 Å². The standard InChI is InChI=1S/C14H23NO4/c1-8-5-10(11(6-8)14(18)19)13(17)15-4-3-9(2)12(15)7-16/h8-12,16H,3-7H2,1-2H3,(H,18,19)/t8?,9?,10-,11+,12?/m0/s1. The molecule has 5 atom stereocenters. The number of aliphatic hydroxyl groups is 1. The van der Waals surface area contributed by atoms with E-state index in [0.29, 0.717) is 19.4 Å². The first kappa shape index (κ1) is 14.3. The smallest absolute Gasteiger partial charge is 0.307 e. The second-order valence-electron chi connectivity index (χ2n) is 6.18. The van der Waals surface area contributed by atoms with E-state index in [-0.39, 0.29) is 30.4 Å². The highest BCUT2D eigenvalue weighted by Crippen LogP contribution is 2.39. The number of likely N-dealkylation sites (tertiary alicyclic amines) is 1. The zero-order chi connectivity index (χ0) is 14.2. The molecule has 2 N–H and O–H groups in total. The molecule has 0 spiro atoms.